The highest BCUT2D eigenvalue weighted by molar-refractivity contribution is 5.67. The number of ether oxygens (including phenoxy) is 1. The van der Waals surface area contributed by atoms with Gasteiger partial charge in [-0.3, -0.25) is 0 Å². The monoisotopic (exact) mass is 244 g/mol. The number of alkyl carbamates (subject to hydrolysis) is 1. The molecular formula is C13H28N2O2. The molecule has 0 spiro atoms. The maximum absolute atomic E-state index is 11.4. The van der Waals surface area contributed by atoms with Crippen LogP contribution in [0.4, 0.5) is 4.79 Å². The summed E-state index contributed by atoms with van der Waals surface area (Å²) in [5.41, 5.74) is -0.252. The van der Waals surface area contributed by atoms with Crippen LogP contribution in [0, 0.1) is 0 Å². The van der Waals surface area contributed by atoms with E-state index in [4.69, 9.17) is 4.74 Å². The Hall–Kier alpha value is -0.770. The smallest absolute Gasteiger partial charge is 0.407 e. The lowest BCUT2D eigenvalue weighted by Gasteiger charge is -2.31. The molecular weight excluding hydrogens is 216 g/mol. The van der Waals surface area contributed by atoms with Gasteiger partial charge in [-0.1, -0.05) is 0 Å². The standard InChI is InChI=1S/C13H28N2O2/c1-12(2,3)15(7)10-8-9-14-11(16)17-13(4,5)6/h8-10H2,1-7H3,(H,14,16). The van der Waals surface area contributed by atoms with E-state index in [1.54, 1.807) is 0 Å². The van der Waals surface area contributed by atoms with Crippen molar-refractivity contribution in [3.8, 4) is 0 Å². The van der Waals surface area contributed by atoms with Gasteiger partial charge in [0, 0.05) is 18.6 Å². The van der Waals surface area contributed by atoms with Gasteiger partial charge in [-0.05, 0) is 55.0 Å². The summed E-state index contributed by atoms with van der Waals surface area (Å²) in [4.78, 5) is 13.6. The van der Waals surface area contributed by atoms with Gasteiger partial charge >= 0.3 is 6.09 Å². The molecule has 0 aromatic heterocycles. The third kappa shape index (κ3) is 8.98. The lowest BCUT2D eigenvalue weighted by atomic mass is 10.1. The Bertz CT molecular complexity index is 239. The van der Waals surface area contributed by atoms with Crippen LogP contribution in [-0.2, 0) is 4.74 Å². The van der Waals surface area contributed by atoms with Crippen LogP contribution in [0.2, 0.25) is 0 Å². The highest BCUT2D eigenvalue weighted by Crippen LogP contribution is 2.10. The van der Waals surface area contributed by atoms with Crippen molar-refractivity contribution >= 4 is 6.09 Å². The molecule has 0 aliphatic carbocycles. The first kappa shape index (κ1) is 16.2. The van der Waals surface area contributed by atoms with E-state index < -0.39 is 5.60 Å². The van der Waals surface area contributed by atoms with Crippen LogP contribution in [0.25, 0.3) is 0 Å². The van der Waals surface area contributed by atoms with Crippen LogP contribution >= 0.6 is 0 Å². The van der Waals surface area contributed by atoms with Gasteiger partial charge in [0.05, 0.1) is 0 Å². The lowest BCUT2D eigenvalue weighted by molar-refractivity contribution is 0.0524. The molecule has 0 unspecified atom stereocenters. The Labute approximate surface area is 106 Å². The first-order valence-electron chi connectivity index (χ1n) is 6.20. The predicted molar refractivity (Wildman–Crippen MR) is 71.2 cm³/mol. The number of nitrogens with one attached hydrogen (secondary N) is 1. The van der Waals surface area contributed by atoms with Gasteiger partial charge in [0.2, 0.25) is 0 Å². The molecule has 0 heterocycles. The number of hydrogen-bond donors (Lipinski definition) is 1. The zero-order valence-corrected chi connectivity index (χ0v) is 12.4. The molecule has 0 aromatic carbocycles. The number of nitrogens with zero attached hydrogens (tertiary/aromatic N) is 1. The number of amides is 1. The minimum atomic E-state index is -0.424. The van der Waals surface area contributed by atoms with Gasteiger partial charge in [0.25, 0.3) is 0 Å². The summed E-state index contributed by atoms with van der Waals surface area (Å²) in [5, 5.41) is 2.76. The van der Waals surface area contributed by atoms with Crippen molar-refractivity contribution in [1.82, 2.24) is 10.2 Å². The predicted octanol–water partition coefficient (Wildman–Crippen LogP) is 2.63. The molecule has 17 heavy (non-hydrogen) atoms. The van der Waals surface area contributed by atoms with Crippen LogP contribution in [0.15, 0.2) is 0 Å². The van der Waals surface area contributed by atoms with Gasteiger partial charge < -0.3 is 15.0 Å². The third-order valence-electron chi connectivity index (χ3n) is 2.48. The van der Waals surface area contributed by atoms with E-state index in [-0.39, 0.29) is 11.6 Å². The number of rotatable bonds is 4. The first-order chi connectivity index (χ1) is 7.52. The maximum atomic E-state index is 11.4. The normalized spacial score (nSPS) is 12.7. The second-order valence-electron chi connectivity index (χ2n) is 6.37. The van der Waals surface area contributed by atoms with Gasteiger partial charge in [-0.15, -0.1) is 0 Å². The molecule has 0 aliphatic heterocycles. The van der Waals surface area contributed by atoms with Crippen molar-refractivity contribution < 1.29 is 9.53 Å². The molecule has 0 saturated heterocycles. The van der Waals surface area contributed by atoms with Crippen LogP contribution in [-0.4, -0.2) is 42.3 Å². The average molecular weight is 244 g/mol. The van der Waals surface area contributed by atoms with E-state index in [9.17, 15) is 4.79 Å². The summed E-state index contributed by atoms with van der Waals surface area (Å²) in [7, 11) is 2.09. The number of hydrogen-bond acceptors (Lipinski definition) is 3. The van der Waals surface area contributed by atoms with Gasteiger partial charge in [0.15, 0.2) is 0 Å². The molecule has 4 heteroatoms. The highest BCUT2D eigenvalue weighted by atomic mass is 16.6. The molecule has 0 saturated carbocycles. The van der Waals surface area contributed by atoms with Crippen LogP contribution in [0.1, 0.15) is 48.0 Å². The van der Waals surface area contributed by atoms with Gasteiger partial charge in [0.1, 0.15) is 5.60 Å². The summed E-state index contributed by atoms with van der Waals surface area (Å²) in [6.45, 7) is 13.7. The Balaban J connectivity index is 3.69. The van der Waals surface area contributed by atoms with E-state index in [0.29, 0.717) is 6.54 Å². The summed E-state index contributed by atoms with van der Waals surface area (Å²) < 4.78 is 5.15. The SMILES string of the molecule is CN(CCCNC(=O)OC(C)(C)C)C(C)(C)C. The van der Waals surface area contributed by atoms with E-state index in [1.807, 2.05) is 20.8 Å². The molecule has 0 bridgehead atoms. The second kappa shape index (κ2) is 6.24. The molecule has 102 valence electrons. The fourth-order valence-corrected chi connectivity index (χ4v) is 1.16. The van der Waals surface area contributed by atoms with Crippen LogP contribution in [0.3, 0.4) is 0 Å². The van der Waals surface area contributed by atoms with E-state index in [0.717, 1.165) is 13.0 Å². The topological polar surface area (TPSA) is 41.6 Å². The second-order valence-corrected chi connectivity index (χ2v) is 6.37. The fourth-order valence-electron chi connectivity index (χ4n) is 1.16. The molecule has 4 nitrogen and oxygen atoms in total. The Morgan fingerprint density at radius 1 is 1.18 bits per heavy atom. The minimum Gasteiger partial charge on any atom is -0.444 e. The molecule has 0 rings (SSSR count). The Kier molecular flexibility index (Phi) is 5.96. The molecule has 0 aromatic rings. The zero-order chi connectivity index (χ0) is 13.7. The molecule has 1 N–H and O–H groups in total. The minimum absolute atomic E-state index is 0.173. The zero-order valence-electron chi connectivity index (χ0n) is 12.4. The number of carbonyl (C=O) groups excluding carboxylic acids is 1. The lowest BCUT2D eigenvalue weighted by Crippen LogP contribution is -2.40. The van der Waals surface area contributed by atoms with Crippen molar-refractivity contribution in [3.05, 3.63) is 0 Å². The quantitative estimate of drug-likeness (QED) is 0.773. The highest BCUT2D eigenvalue weighted by Gasteiger charge is 2.17. The molecule has 0 atom stereocenters. The van der Waals surface area contributed by atoms with Crippen molar-refractivity contribution in [3.63, 3.8) is 0 Å². The van der Waals surface area contributed by atoms with E-state index >= 15 is 0 Å². The molecule has 0 fully saturated rings. The third-order valence-corrected chi connectivity index (χ3v) is 2.48. The maximum Gasteiger partial charge on any atom is 0.407 e. The van der Waals surface area contributed by atoms with Crippen molar-refractivity contribution in [1.29, 1.82) is 0 Å². The Morgan fingerprint density at radius 2 is 1.71 bits per heavy atom. The summed E-state index contributed by atoms with van der Waals surface area (Å²) in [6, 6.07) is 0. The molecule has 1 amide bonds. The van der Waals surface area contributed by atoms with Crippen LogP contribution < -0.4 is 5.32 Å². The van der Waals surface area contributed by atoms with Crippen molar-refractivity contribution in [2.24, 2.45) is 0 Å². The first-order valence-corrected chi connectivity index (χ1v) is 6.20. The summed E-state index contributed by atoms with van der Waals surface area (Å²) >= 11 is 0. The van der Waals surface area contributed by atoms with E-state index in [1.165, 1.54) is 0 Å². The largest absolute Gasteiger partial charge is 0.444 e. The van der Waals surface area contributed by atoms with Gasteiger partial charge in [-0.2, -0.15) is 0 Å². The number of carbonyl (C=O) groups is 1. The van der Waals surface area contributed by atoms with Crippen LogP contribution in [0.5, 0.6) is 0 Å². The average Bonchev–Trinajstić information content (AvgIpc) is 2.07. The summed E-state index contributed by atoms with van der Waals surface area (Å²) in [5.74, 6) is 0. The summed E-state index contributed by atoms with van der Waals surface area (Å²) in [6.07, 6.45) is 0.587. The van der Waals surface area contributed by atoms with E-state index in [2.05, 4.69) is 38.0 Å². The van der Waals surface area contributed by atoms with Gasteiger partial charge in [-0.25, -0.2) is 4.79 Å². The molecule has 0 radical (unpaired) electrons. The Morgan fingerprint density at radius 3 is 2.12 bits per heavy atom. The van der Waals surface area contributed by atoms with Crippen molar-refractivity contribution in [2.75, 3.05) is 20.1 Å². The fraction of sp³-hybridized carbons (Fsp3) is 0.923. The molecule has 0 aliphatic rings. The van der Waals surface area contributed by atoms with Crippen molar-refractivity contribution in [2.45, 2.75) is 59.1 Å².